The standard InChI is InChI=1S/C22H19N3O3/c1-27-21-12-15(6-7-19(21)26)17-13-18-16-4-2-3-5-20(16)28-22(25(18)24-17)14-8-10-23-11-9-14/h2-12,18,22,26H,13H2,1H3/t18-,22+/m0/s1. The number of hydrazone groups is 1. The Kier molecular flexibility index (Phi) is 3.90. The zero-order chi connectivity index (χ0) is 19.1. The SMILES string of the molecule is COc1cc(C2=NN3[C@@H](c4ccncc4)Oc4ccccc4[C@@H]3C2)ccc1O. The third kappa shape index (κ3) is 2.65. The van der Waals surface area contributed by atoms with E-state index in [0.717, 1.165) is 34.6 Å². The average Bonchev–Trinajstić information content (AvgIpc) is 3.20. The highest BCUT2D eigenvalue weighted by molar-refractivity contribution is 6.02. The second-order valence-corrected chi connectivity index (χ2v) is 6.82. The van der Waals surface area contributed by atoms with Crippen LogP contribution in [0, 0.1) is 0 Å². The molecular weight excluding hydrogens is 354 g/mol. The molecule has 0 fully saturated rings. The van der Waals surface area contributed by atoms with Crippen molar-refractivity contribution in [1.82, 2.24) is 9.99 Å². The summed E-state index contributed by atoms with van der Waals surface area (Å²) in [6.45, 7) is 0. The molecule has 0 radical (unpaired) electrons. The van der Waals surface area contributed by atoms with Gasteiger partial charge in [0.2, 0.25) is 6.23 Å². The van der Waals surface area contributed by atoms with Crippen molar-refractivity contribution in [2.45, 2.75) is 18.7 Å². The Bertz CT molecular complexity index is 1050. The Labute approximate surface area is 162 Å². The van der Waals surface area contributed by atoms with Crippen LogP contribution in [0.1, 0.15) is 35.4 Å². The monoisotopic (exact) mass is 373 g/mol. The zero-order valence-electron chi connectivity index (χ0n) is 15.3. The summed E-state index contributed by atoms with van der Waals surface area (Å²) >= 11 is 0. The molecule has 2 atom stereocenters. The fourth-order valence-electron chi connectivity index (χ4n) is 3.81. The van der Waals surface area contributed by atoms with Crippen molar-refractivity contribution >= 4 is 5.71 Å². The Balaban J connectivity index is 1.58. The van der Waals surface area contributed by atoms with E-state index in [-0.39, 0.29) is 18.0 Å². The summed E-state index contributed by atoms with van der Waals surface area (Å²) in [5.74, 6) is 1.43. The van der Waals surface area contributed by atoms with Gasteiger partial charge in [-0.15, -0.1) is 0 Å². The molecule has 28 heavy (non-hydrogen) atoms. The molecule has 2 aliphatic heterocycles. The van der Waals surface area contributed by atoms with Gasteiger partial charge in [-0.25, -0.2) is 5.01 Å². The summed E-state index contributed by atoms with van der Waals surface area (Å²) < 4.78 is 11.6. The van der Waals surface area contributed by atoms with Gasteiger partial charge in [0.1, 0.15) is 5.75 Å². The van der Waals surface area contributed by atoms with Gasteiger partial charge in [0.05, 0.1) is 18.9 Å². The second-order valence-electron chi connectivity index (χ2n) is 6.82. The van der Waals surface area contributed by atoms with Crippen LogP contribution < -0.4 is 9.47 Å². The van der Waals surface area contributed by atoms with Gasteiger partial charge in [-0.2, -0.15) is 5.10 Å². The first-order valence-electron chi connectivity index (χ1n) is 9.13. The molecule has 0 bridgehead atoms. The van der Waals surface area contributed by atoms with Crippen LogP contribution in [-0.4, -0.2) is 27.9 Å². The highest BCUT2D eigenvalue weighted by Crippen LogP contribution is 2.47. The van der Waals surface area contributed by atoms with E-state index in [0.29, 0.717) is 5.75 Å². The predicted molar refractivity (Wildman–Crippen MR) is 104 cm³/mol. The van der Waals surface area contributed by atoms with E-state index in [1.807, 2.05) is 47.5 Å². The number of phenolic OH excluding ortho intramolecular Hbond substituents is 1. The summed E-state index contributed by atoms with van der Waals surface area (Å²) in [4.78, 5) is 4.11. The lowest BCUT2D eigenvalue weighted by atomic mass is 9.96. The third-order valence-electron chi connectivity index (χ3n) is 5.20. The molecule has 1 N–H and O–H groups in total. The number of hydrogen-bond donors (Lipinski definition) is 1. The van der Waals surface area contributed by atoms with Gasteiger partial charge in [0, 0.05) is 35.5 Å². The van der Waals surface area contributed by atoms with Crippen LogP contribution >= 0.6 is 0 Å². The number of pyridine rings is 1. The Morgan fingerprint density at radius 2 is 1.93 bits per heavy atom. The van der Waals surface area contributed by atoms with E-state index in [1.165, 1.54) is 0 Å². The first kappa shape index (κ1) is 16.6. The van der Waals surface area contributed by atoms with Crippen molar-refractivity contribution in [3.05, 3.63) is 83.7 Å². The molecule has 6 heteroatoms. The number of nitrogens with zero attached hydrogens (tertiary/aromatic N) is 3. The topological polar surface area (TPSA) is 67.2 Å². The lowest BCUT2D eigenvalue weighted by Gasteiger charge is -2.38. The Morgan fingerprint density at radius 1 is 1.11 bits per heavy atom. The number of phenols is 1. The van der Waals surface area contributed by atoms with Crippen LogP contribution in [-0.2, 0) is 0 Å². The smallest absolute Gasteiger partial charge is 0.213 e. The molecule has 0 saturated heterocycles. The van der Waals surface area contributed by atoms with Crippen molar-refractivity contribution in [2.75, 3.05) is 7.11 Å². The molecule has 0 unspecified atom stereocenters. The fourth-order valence-corrected chi connectivity index (χ4v) is 3.81. The van der Waals surface area contributed by atoms with Gasteiger partial charge in [0.15, 0.2) is 11.5 Å². The van der Waals surface area contributed by atoms with Crippen LogP contribution in [0.5, 0.6) is 17.2 Å². The second kappa shape index (κ2) is 6.56. The summed E-state index contributed by atoms with van der Waals surface area (Å²) in [5.41, 5.74) is 3.98. The number of hydrogen-bond acceptors (Lipinski definition) is 6. The van der Waals surface area contributed by atoms with Crippen molar-refractivity contribution in [3.8, 4) is 17.2 Å². The molecule has 0 amide bonds. The van der Waals surface area contributed by atoms with E-state index in [9.17, 15) is 5.11 Å². The molecule has 3 heterocycles. The van der Waals surface area contributed by atoms with E-state index < -0.39 is 0 Å². The van der Waals surface area contributed by atoms with Crippen LogP contribution in [0.2, 0.25) is 0 Å². The normalized spacial score (nSPS) is 20.0. The Hall–Kier alpha value is -3.54. The maximum atomic E-state index is 9.90. The van der Waals surface area contributed by atoms with Crippen LogP contribution in [0.15, 0.2) is 72.1 Å². The van der Waals surface area contributed by atoms with E-state index >= 15 is 0 Å². The van der Waals surface area contributed by atoms with Crippen LogP contribution in [0.3, 0.4) is 0 Å². The van der Waals surface area contributed by atoms with Crippen LogP contribution in [0.25, 0.3) is 0 Å². The summed E-state index contributed by atoms with van der Waals surface area (Å²) in [7, 11) is 1.54. The molecule has 0 spiro atoms. The Morgan fingerprint density at radius 3 is 2.75 bits per heavy atom. The van der Waals surface area contributed by atoms with Gasteiger partial charge < -0.3 is 14.6 Å². The minimum absolute atomic E-state index is 0.0814. The van der Waals surface area contributed by atoms with Gasteiger partial charge in [-0.1, -0.05) is 18.2 Å². The van der Waals surface area contributed by atoms with E-state index in [4.69, 9.17) is 14.6 Å². The number of rotatable bonds is 3. The number of para-hydroxylation sites is 1. The molecule has 0 aliphatic carbocycles. The number of ether oxygens (including phenoxy) is 2. The van der Waals surface area contributed by atoms with Gasteiger partial charge in [-0.3, -0.25) is 4.98 Å². The predicted octanol–water partition coefficient (Wildman–Crippen LogP) is 4.04. The highest BCUT2D eigenvalue weighted by atomic mass is 16.5. The summed E-state index contributed by atoms with van der Waals surface area (Å²) in [6, 6.07) is 17.4. The highest BCUT2D eigenvalue weighted by Gasteiger charge is 2.40. The number of aromatic nitrogens is 1. The van der Waals surface area contributed by atoms with Gasteiger partial charge >= 0.3 is 0 Å². The fraction of sp³-hybridized carbons (Fsp3) is 0.182. The first-order chi connectivity index (χ1) is 13.7. The maximum absolute atomic E-state index is 9.90. The summed E-state index contributed by atoms with van der Waals surface area (Å²) in [5, 5.41) is 16.8. The number of benzene rings is 2. The van der Waals surface area contributed by atoms with Gasteiger partial charge in [-0.05, 0) is 36.4 Å². The molecule has 6 nitrogen and oxygen atoms in total. The average molecular weight is 373 g/mol. The quantitative estimate of drug-likeness (QED) is 0.751. The molecule has 140 valence electrons. The number of methoxy groups -OCH3 is 1. The zero-order valence-corrected chi connectivity index (χ0v) is 15.3. The lowest BCUT2D eigenvalue weighted by Crippen LogP contribution is -2.33. The van der Waals surface area contributed by atoms with Crippen LogP contribution in [0.4, 0.5) is 0 Å². The number of fused-ring (bicyclic) bond motifs is 3. The van der Waals surface area contributed by atoms with Crippen molar-refractivity contribution in [2.24, 2.45) is 5.10 Å². The molecule has 5 rings (SSSR count). The minimum atomic E-state index is -0.320. The van der Waals surface area contributed by atoms with Crippen molar-refractivity contribution in [1.29, 1.82) is 0 Å². The molecular formula is C22H19N3O3. The van der Waals surface area contributed by atoms with Crippen molar-refractivity contribution < 1.29 is 14.6 Å². The summed E-state index contributed by atoms with van der Waals surface area (Å²) in [6.07, 6.45) is 3.95. The molecule has 2 aliphatic rings. The molecule has 3 aromatic rings. The minimum Gasteiger partial charge on any atom is -0.504 e. The largest absolute Gasteiger partial charge is 0.504 e. The molecule has 2 aromatic carbocycles. The van der Waals surface area contributed by atoms with E-state index in [2.05, 4.69) is 11.1 Å². The lowest BCUT2D eigenvalue weighted by molar-refractivity contribution is -0.0190. The molecule has 0 saturated carbocycles. The first-order valence-corrected chi connectivity index (χ1v) is 9.13. The van der Waals surface area contributed by atoms with E-state index in [1.54, 1.807) is 25.6 Å². The third-order valence-corrected chi connectivity index (χ3v) is 5.20. The molecule has 1 aromatic heterocycles. The number of aromatic hydroxyl groups is 1. The maximum Gasteiger partial charge on any atom is 0.213 e. The van der Waals surface area contributed by atoms with Crippen molar-refractivity contribution in [3.63, 3.8) is 0 Å². The van der Waals surface area contributed by atoms with Gasteiger partial charge in [0.25, 0.3) is 0 Å².